The molecule has 1 aliphatic heterocycles. The van der Waals surface area contributed by atoms with Crippen LogP contribution in [0.3, 0.4) is 0 Å². The first-order valence-corrected chi connectivity index (χ1v) is 9.31. The van der Waals surface area contributed by atoms with Gasteiger partial charge in [0, 0.05) is 24.5 Å². The third kappa shape index (κ3) is 3.27. The summed E-state index contributed by atoms with van der Waals surface area (Å²) >= 11 is 0. The summed E-state index contributed by atoms with van der Waals surface area (Å²) < 4.78 is 7.36. The molecule has 5 rings (SSSR count). The molecule has 7 nitrogen and oxygen atoms in total. The number of benzene rings is 2. The second-order valence-corrected chi connectivity index (χ2v) is 6.64. The average Bonchev–Trinajstić information content (AvgIpc) is 3.19. The van der Waals surface area contributed by atoms with Crippen molar-refractivity contribution in [3.63, 3.8) is 0 Å². The van der Waals surface area contributed by atoms with Crippen LogP contribution in [0.15, 0.2) is 67.3 Å². The van der Waals surface area contributed by atoms with E-state index in [4.69, 9.17) is 9.72 Å². The molecule has 0 saturated carbocycles. The number of imidazole rings is 1. The van der Waals surface area contributed by atoms with Gasteiger partial charge in [-0.15, -0.1) is 0 Å². The van der Waals surface area contributed by atoms with Crippen molar-refractivity contribution in [2.24, 2.45) is 0 Å². The summed E-state index contributed by atoms with van der Waals surface area (Å²) in [6, 6.07) is 16.3. The third-order valence-electron chi connectivity index (χ3n) is 4.84. The molecule has 0 unspecified atom stereocenters. The van der Waals surface area contributed by atoms with E-state index in [9.17, 15) is 0 Å². The summed E-state index contributed by atoms with van der Waals surface area (Å²) in [7, 11) is 0. The van der Waals surface area contributed by atoms with Crippen molar-refractivity contribution >= 4 is 28.2 Å². The highest BCUT2D eigenvalue weighted by molar-refractivity contribution is 5.76. The molecule has 1 aliphatic rings. The third-order valence-corrected chi connectivity index (χ3v) is 4.84. The second kappa shape index (κ2) is 7.28. The average molecular weight is 372 g/mol. The molecule has 4 aromatic rings. The van der Waals surface area contributed by atoms with E-state index in [-0.39, 0.29) is 0 Å². The number of hydrogen-bond donors (Lipinski definition) is 1. The first-order valence-electron chi connectivity index (χ1n) is 9.31. The molecule has 1 N–H and O–H groups in total. The van der Waals surface area contributed by atoms with E-state index in [0.717, 1.165) is 48.8 Å². The van der Waals surface area contributed by atoms with Crippen LogP contribution in [0.1, 0.15) is 0 Å². The molecular formula is C21H20N6O. The van der Waals surface area contributed by atoms with Crippen molar-refractivity contribution in [2.45, 2.75) is 0 Å². The Morgan fingerprint density at radius 3 is 2.61 bits per heavy atom. The number of rotatable bonds is 4. The van der Waals surface area contributed by atoms with Crippen LogP contribution in [0.4, 0.5) is 17.2 Å². The molecule has 0 spiro atoms. The van der Waals surface area contributed by atoms with Crippen LogP contribution in [0.2, 0.25) is 0 Å². The Balaban J connectivity index is 1.37. The number of morpholine rings is 1. The fraction of sp³-hybridized carbons (Fsp3) is 0.190. The Morgan fingerprint density at radius 2 is 1.75 bits per heavy atom. The van der Waals surface area contributed by atoms with Gasteiger partial charge in [0.15, 0.2) is 11.6 Å². The Morgan fingerprint density at radius 1 is 0.929 bits per heavy atom. The number of para-hydroxylation sites is 2. The Labute approximate surface area is 162 Å². The Hall–Kier alpha value is -3.45. The SMILES string of the molecule is c1ccc2c(c1)ncn2-c1cncc(Nc2ccc(N3CCOCC3)cc2)n1. The minimum Gasteiger partial charge on any atom is -0.378 e. The molecule has 0 atom stereocenters. The minimum absolute atomic E-state index is 0.689. The van der Waals surface area contributed by atoms with Gasteiger partial charge in [-0.3, -0.25) is 9.55 Å². The van der Waals surface area contributed by atoms with E-state index in [1.54, 1.807) is 18.7 Å². The fourth-order valence-electron chi connectivity index (χ4n) is 3.40. The van der Waals surface area contributed by atoms with Crippen LogP contribution in [0.25, 0.3) is 16.9 Å². The van der Waals surface area contributed by atoms with Gasteiger partial charge in [0.2, 0.25) is 0 Å². The highest BCUT2D eigenvalue weighted by atomic mass is 16.5. The molecule has 2 aromatic heterocycles. The van der Waals surface area contributed by atoms with Crippen LogP contribution < -0.4 is 10.2 Å². The highest BCUT2D eigenvalue weighted by Gasteiger charge is 2.11. The van der Waals surface area contributed by atoms with Crippen molar-refractivity contribution in [1.29, 1.82) is 0 Å². The van der Waals surface area contributed by atoms with Gasteiger partial charge in [-0.1, -0.05) is 12.1 Å². The Kier molecular flexibility index (Phi) is 4.34. The van der Waals surface area contributed by atoms with Gasteiger partial charge in [0.05, 0.1) is 36.6 Å². The quantitative estimate of drug-likeness (QED) is 0.592. The van der Waals surface area contributed by atoms with Gasteiger partial charge in [0.1, 0.15) is 6.33 Å². The lowest BCUT2D eigenvalue weighted by Gasteiger charge is -2.28. The number of nitrogens with zero attached hydrogens (tertiary/aromatic N) is 5. The van der Waals surface area contributed by atoms with Crippen LogP contribution in [-0.2, 0) is 4.74 Å². The molecule has 2 aromatic carbocycles. The van der Waals surface area contributed by atoms with E-state index in [0.29, 0.717) is 5.82 Å². The first-order chi connectivity index (χ1) is 13.9. The van der Waals surface area contributed by atoms with Crippen molar-refractivity contribution in [3.8, 4) is 5.82 Å². The number of ether oxygens (including phenoxy) is 1. The summed E-state index contributed by atoms with van der Waals surface area (Å²) in [6.07, 6.45) is 5.23. The van der Waals surface area contributed by atoms with E-state index in [1.807, 2.05) is 28.8 Å². The van der Waals surface area contributed by atoms with E-state index in [2.05, 4.69) is 44.5 Å². The number of fused-ring (bicyclic) bond motifs is 1. The zero-order valence-corrected chi connectivity index (χ0v) is 15.3. The van der Waals surface area contributed by atoms with E-state index >= 15 is 0 Å². The fourth-order valence-corrected chi connectivity index (χ4v) is 3.40. The van der Waals surface area contributed by atoms with Gasteiger partial charge < -0.3 is 15.0 Å². The van der Waals surface area contributed by atoms with Crippen molar-refractivity contribution in [2.75, 3.05) is 36.5 Å². The molecule has 0 amide bonds. The molecule has 1 fully saturated rings. The van der Waals surface area contributed by atoms with Gasteiger partial charge in [-0.2, -0.15) is 0 Å². The van der Waals surface area contributed by atoms with E-state index < -0.39 is 0 Å². The molecule has 0 bridgehead atoms. The molecule has 0 aliphatic carbocycles. The maximum Gasteiger partial charge on any atom is 0.159 e. The van der Waals surface area contributed by atoms with Crippen LogP contribution >= 0.6 is 0 Å². The summed E-state index contributed by atoms with van der Waals surface area (Å²) in [5.41, 5.74) is 4.11. The van der Waals surface area contributed by atoms with Crippen molar-refractivity contribution in [3.05, 3.63) is 67.3 Å². The van der Waals surface area contributed by atoms with E-state index in [1.165, 1.54) is 5.69 Å². The zero-order valence-electron chi connectivity index (χ0n) is 15.3. The lowest BCUT2D eigenvalue weighted by molar-refractivity contribution is 0.122. The van der Waals surface area contributed by atoms with Crippen LogP contribution in [0.5, 0.6) is 0 Å². The van der Waals surface area contributed by atoms with Crippen molar-refractivity contribution < 1.29 is 4.74 Å². The van der Waals surface area contributed by atoms with Gasteiger partial charge in [-0.25, -0.2) is 9.97 Å². The van der Waals surface area contributed by atoms with Gasteiger partial charge in [0.25, 0.3) is 0 Å². The largest absolute Gasteiger partial charge is 0.378 e. The highest BCUT2D eigenvalue weighted by Crippen LogP contribution is 2.22. The smallest absolute Gasteiger partial charge is 0.159 e. The summed E-state index contributed by atoms with van der Waals surface area (Å²) in [4.78, 5) is 15.8. The zero-order chi connectivity index (χ0) is 18.8. The summed E-state index contributed by atoms with van der Waals surface area (Å²) in [5.74, 6) is 1.41. The standard InChI is InChI=1S/C21H20N6O/c1-2-4-19-18(3-1)23-15-27(19)21-14-22-13-20(25-21)24-16-5-7-17(8-6-16)26-9-11-28-12-10-26/h1-8,13-15H,9-12H2,(H,24,25). The van der Waals surface area contributed by atoms with Crippen molar-refractivity contribution in [1.82, 2.24) is 19.5 Å². The first kappa shape index (κ1) is 16.7. The number of nitrogens with one attached hydrogen (secondary N) is 1. The number of aromatic nitrogens is 4. The second-order valence-electron chi connectivity index (χ2n) is 6.64. The molecule has 7 heteroatoms. The van der Waals surface area contributed by atoms with Gasteiger partial charge >= 0.3 is 0 Å². The molecular weight excluding hydrogens is 352 g/mol. The molecule has 0 radical (unpaired) electrons. The summed E-state index contributed by atoms with van der Waals surface area (Å²) in [5, 5.41) is 3.33. The lowest BCUT2D eigenvalue weighted by atomic mass is 10.2. The Bertz CT molecular complexity index is 1090. The molecule has 3 heterocycles. The number of anilines is 3. The predicted octanol–water partition coefficient (Wildman–Crippen LogP) is 3.40. The number of hydrogen-bond acceptors (Lipinski definition) is 6. The monoisotopic (exact) mass is 372 g/mol. The van der Waals surface area contributed by atoms with Gasteiger partial charge in [-0.05, 0) is 36.4 Å². The topological polar surface area (TPSA) is 68.1 Å². The molecule has 140 valence electrons. The maximum atomic E-state index is 5.42. The summed E-state index contributed by atoms with van der Waals surface area (Å²) in [6.45, 7) is 3.43. The molecule has 1 saturated heterocycles. The lowest BCUT2D eigenvalue weighted by Crippen LogP contribution is -2.36. The predicted molar refractivity (Wildman–Crippen MR) is 109 cm³/mol. The normalized spacial score (nSPS) is 14.4. The van der Waals surface area contributed by atoms with Crippen LogP contribution in [-0.4, -0.2) is 45.8 Å². The maximum absolute atomic E-state index is 5.42. The molecule has 28 heavy (non-hydrogen) atoms. The van der Waals surface area contributed by atoms with Crippen LogP contribution in [0, 0.1) is 0 Å². The minimum atomic E-state index is 0.689.